The van der Waals surface area contributed by atoms with Gasteiger partial charge in [-0.3, -0.25) is 4.79 Å². The summed E-state index contributed by atoms with van der Waals surface area (Å²) < 4.78 is 41.2. The molecule has 0 radical (unpaired) electrons. The monoisotopic (exact) mass is 368 g/mol. The highest BCUT2D eigenvalue weighted by atomic mass is 32.2. The highest BCUT2D eigenvalue weighted by Gasteiger charge is 2.40. The Labute approximate surface area is 148 Å². The molecule has 1 N–H and O–H groups in total. The lowest BCUT2D eigenvalue weighted by atomic mass is 9.96. The number of carbonyl (C=O) groups excluding carboxylic acids is 1. The van der Waals surface area contributed by atoms with Gasteiger partial charge < -0.3 is 4.90 Å². The first-order valence-corrected chi connectivity index (χ1v) is 10.4. The number of hydrogen-bond donors (Lipinski definition) is 1. The summed E-state index contributed by atoms with van der Waals surface area (Å²) in [6, 6.07) is 6.49. The van der Waals surface area contributed by atoms with E-state index in [4.69, 9.17) is 0 Å². The van der Waals surface area contributed by atoms with E-state index in [1.165, 1.54) is 6.07 Å². The fourth-order valence-corrected chi connectivity index (χ4v) is 5.23. The van der Waals surface area contributed by atoms with Gasteiger partial charge in [-0.25, -0.2) is 17.5 Å². The normalized spacial score (nSPS) is 20.5. The molecule has 1 amide bonds. The molecule has 0 bridgehead atoms. The molecule has 7 heteroatoms. The number of hydrogen-bond acceptors (Lipinski definition) is 3. The first kappa shape index (κ1) is 18.3. The second-order valence-corrected chi connectivity index (χ2v) is 9.18. The molecule has 2 aliphatic rings. The largest absolute Gasteiger partial charge is 0.340 e. The number of likely N-dealkylation sites (tertiary alicyclic amines) is 1. The Bertz CT molecular complexity index is 726. The number of nitrogens with zero attached hydrogens (tertiary/aromatic N) is 1. The number of nitrogens with one attached hydrogen (secondary N) is 1. The fraction of sp³-hybridized carbons (Fsp3) is 0.611. The number of amides is 1. The fourth-order valence-electron chi connectivity index (χ4n) is 3.59. The van der Waals surface area contributed by atoms with Gasteiger partial charge in [0.05, 0.1) is 0 Å². The molecule has 1 aliphatic carbocycles. The number of sulfonamides is 1. The third-order valence-corrected chi connectivity index (χ3v) is 7.08. The molecule has 1 saturated heterocycles. The minimum Gasteiger partial charge on any atom is -0.340 e. The van der Waals surface area contributed by atoms with E-state index in [2.05, 4.69) is 4.72 Å². The minimum atomic E-state index is -3.36. The standard InChI is InChI=1S/C18H25FN2O3S/c1-13(16-8-4-5-9-17(16)19)10-18(22)21-11-15(12-21)25(23,24)20-14-6-2-3-7-14/h4-5,8-9,13-15,20H,2-3,6-7,10-12H2,1H3. The molecule has 3 rings (SSSR count). The summed E-state index contributed by atoms with van der Waals surface area (Å²) in [6.07, 6.45) is 4.11. The van der Waals surface area contributed by atoms with Crippen molar-refractivity contribution in [3.05, 3.63) is 35.6 Å². The van der Waals surface area contributed by atoms with Gasteiger partial charge in [0.1, 0.15) is 11.1 Å². The average molecular weight is 368 g/mol. The number of halogens is 1. The third-order valence-electron chi connectivity index (χ3n) is 5.24. The van der Waals surface area contributed by atoms with E-state index in [1.54, 1.807) is 23.1 Å². The minimum absolute atomic E-state index is 0.0517. The summed E-state index contributed by atoms with van der Waals surface area (Å²) in [5, 5.41) is -0.527. The summed E-state index contributed by atoms with van der Waals surface area (Å²) in [6.45, 7) is 2.27. The Morgan fingerprint density at radius 2 is 1.92 bits per heavy atom. The Kier molecular flexibility index (Phi) is 5.43. The lowest BCUT2D eigenvalue weighted by Crippen LogP contribution is -2.60. The van der Waals surface area contributed by atoms with Crippen LogP contribution in [-0.4, -0.2) is 43.6 Å². The Morgan fingerprint density at radius 3 is 2.56 bits per heavy atom. The van der Waals surface area contributed by atoms with Crippen LogP contribution in [0, 0.1) is 5.82 Å². The summed E-state index contributed by atoms with van der Waals surface area (Å²) >= 11 is 0. The molecule has 1 aliphatic heterocycles. The van der Waals surface area contributed by atoms with Crippen molar-refractivity contribution in [1.82, 2.24) is 9.62 Å². The Hall–Kier alpha value is -1.47. The maximum Gasteiger partial charge on any atom is 0.223 e. The summed E-state index contributed by atoms with van der Waals surface area (Å²) in [5.41, 5.74) is 0.517. The van der Waals surface area contributed by atoms with Crippen LogP contribution in [0.3, 0.4) is 0 Å². The van der Waals surface area contributed by atoms with Crippen LogP contribution in [-0.2, 0) is 14.8 Å². The molecule has 25 heavy (non-hydrogen) atoms. The van der Waals surface area contributed by atoms with Gasteiger partial charge >= 0.3 is 0 Å². The summed E-state index contributed by atoms with van der Waals surface area (Å²) in [7, 11) is -3.36. The van der Waals surface area contributed by atoms with E-state index in [-0.39, 0.29) is 43.2 Å². The first-order chi connectivity index (χ1) is 11.9. The second kappa shape index (κ2) is 7.41. The van der Waals surface area contributed by atoms with E-state index in [0.29, 0.717) is 5.56 Å². The quantitative estimate of drug-likeness (QED) is 0.838. The van der Waals surface area contributed by atoms with Crippen LogP contribution in [0.25, 0.3) is 0 Å². The van der Waals surface area contributed by atoms with Crippen LogP contribution in [0.5, 0.6) is 0 Å². The van der Waals surface area contributed by atoms with Crippen molar-refractivity contribution in [3.8, 4) is 0 Å². The molecule has 1 aromatic rings. The van der Waals surface area contributed by atoms with Crippen LogP contribution in [0.15, 0.2) is 24.3 Å². The van der Waals surface area contributed by atoms with Gasteiger partial charge in [0.15, 0.2) is 0 Å². The van der Waals surface area contributed by atoms with Crippen molar-refractivity contribution in [2.24, 2.45) is 0 Å². The molecular weight excluding hydrogens is 343 g/mol. The van der Waals surface area contributed by atoms with Crippen LogP contribution in [0.1, 0.15) is 50.5 Å². The predicted molar refractivity (Wildman–Crippen MR) is 94.1 cm³/mol. The van der Waals surface area contributed by atoms with Crippen LogP contribution < -0.4 is 4.72 Å². The Morgan fingerprint density at radius 1 is 1.28 bits per heavy atom. The molecular formula is C18H25FN2O3S. The average Bonchev–Trinajstić information content (AvgIpc) is 2.97. The smallest absolute Gasteiger partial charge is 0.223 e. The van der Waals surface area contributed by atoms with Crippen molar-refractivity contribution >= 4 is 15.9 Å². The molecule has 5 nitrogen and oxygen atoms in total. The van der Waals surface area contributed by atoms with E-state index in [1.807, 2.05) is 6.92 Å². The van der Waals surface area contributed by atoms with Crippen molar-refractivity contribution in [2.75, 3.05) is 13.1 Å². The van der Waals surface area contributed by atoms with Gasteiger partial charge in [-0.2, -0.15) is 0 Å². The molecule has 1 unspecified atom stereocenters. The zero-order valence-corrected chi connectivity index (χ0v) is 15.3. The maximum absolute atomic E-state index is 13.8. The van der Waals surface area contributed by atoms with Gasteiger partial charge in [-0.05, 0) is 30.4 Å². The van der Waals surface area contributed by atoms with Gasteiger partial charge in [0.25, 0.3) is 0 Å². The lowest BCUT2D eigenvalue weighted by Gasteiger charge is -2.39. The highest BCUT2D eigenvalue weighted by Crippen LogP contribution is 2.26. The summed E-state index contributed by atoms with van der Waals surface area (Å²) in [4.78, 5) is 13.9. The van der Waals surface area contributed by atoms with Gasteiger partial charge in [0.2, 0.25) is 15.9 Å². The molecule has 2 fully saturated rings. The maximum atomic E-state index is 13.8. The number of rotatable bonds is 6. The van der Waals surface area contributed by atoms with E-state index >= 15 is 0 Å². The molecule has 0 spiro atoms. The lowest BCUT2D eigenvalue weighted by molar-refractivity contribution is -0.134. The van der Waals surface area contributed by atoms with Gasteiger partial charge in [-0.15, -0.1) is 0 Å². The summed E-state index contributed by atoms with van der Waals surface area (Å²) in [5.74, 6) is -0.670. The SMILES string of the molecule is CC(CC(=O)N1CC(S(=O)(=O)NC2CCCC2)C1)c1ccccc1F. The first-order valence-electron chi connectivity index (χ1n) is 8.90. The Balaban J connectivity index is 1.50. The van der Waals surface area contributed by atoms with E-state index in [0.717, 1.165) is 25.7 Å². The zero-order valence-electron chi connectivity index (χ0n) is 14.4. The van der Waals surface area contributed by atoms with Crippen molar-refractivity contribution in [2.45, 2.75) is 56.2 Å². The van der Waals surface area contributed by atoms with Gasteiger partial charge in [0, 0.05) is 25.6 Å². The second-order valence-electron chi connectivity index (χ2n) is 7.19. The molecule has 138 valence electrons. The van der Waals surface area contributed by atoms with Crippen molar-refractivity contribution < 1.29 is 17.6 Å². The number of carbonyl (C=O) groups is 1. The van der Waals surface area contributed by atoms with Crippen LogP contribution >= 0.6 is 0 Å². The molecule has 0 aromatic heterocycles. The van der Waals surface area contributed by atoms with Gasteiger partial charge in [-0.1, -0.05) is 38.0 Å². The molecule has 1 heterocycles. The number of benzene rings is 1. The predicted octanol–water partition coefficient (Wildman–Crippen LogP) is 2.39. The molecule has 1 aromatic carbocycles. The zero-order chi connectivity index (χ0) is 18.0. The van der Waals surface area contributed by atoms with E-state index in [9.17, 15) is 17.6 Å². The molecule has 1 atom stereocenters. The van der Waals surface area contributed by atoms with Crippen molar-refractivity contribution in [1.29, 1.82) is 0 Å². The highest BCUT2D eigenvalue weighted by molar-refractivity contribution is 7.90. The van der Waals surface area contributed by atoms with Crippen LogP contribution in [0.4, 0.5) is 4.39 Å². The van der Waals surface area contributed by atoms with E-state index < -0.39 is 15.3 Å². The van der Waals surface area contributed by atoms with Crippen molar-refractivity contribution in [3.63, 3.8) is 0 Å². The topological polar surface area (TPSA) is 66.5 Å². The molecule has 1 saturated carbocycles. The van der Waals surface area contributed by atoms with Crippen LogP contribution in [0.2, 0.25) is 0 Å². The third kappa shape index (κ3) is 4.20.